The molecule has 36 heavy (non-hydrogen) atoms. The molecule has 0 aliphatic carbocycles. The van der Waals surface area contributed by atoms with Crippen LogP contribution in [0.25, 0.3) is 0 Å². The molecular formula is C24H44N6O6. The second-order valence-corrected chi connectivity index (χ2v) is 10.1. The molecule has 0 rings (SSSR count). The topological polar surface area (TPSA) is 189 Å². The molecule has 206 valence electrons. The fourth-order valence-electron chi connectivity index (χ4n) is 3.02. The summed E-state index contributed by atoms with van der Waals surface area (Å²) in [7, 11) is 0. The molecule has 0 fully saturated rings. The van der Waals surface area contributed by atoms with Gasteiger partial charge in [-0.15, -0.1) is 0 Å². The highest BCUT2D eigenvalue weighted by Crippen LogP contribution is 2.08. The van der Waals surface area contributed by atoms with Crippen molar-refractivity contribution in [1.29, 1.82) is 0 Å². The number of hydrogen-bond acceptors (Lipinski definition) is 7. The van der Waals surface area contributed by atoms with Gasteiger partial charge in [-0.3, -0.25) is 24.0 Å². The Morgan fingerprint density at radius 1 is 0.528 bits per heavy atom. The highest BCUT2D eigenvalue weighted by Gasteiger charge is 2.33. The molecule has 0 aromatic heterocycles. The van der Waals surface area contributed by atoms with Gasteiger partial charge in [0, 0.05) is 0 Å². The fraction of sp³-hybridized carbons (Fsp3) is 0.750. The van der Waals surface area contributed by atoms with Gasteiger partial charge in [0.2, 0.25) is 29.5 Å². The van der Waals surface area contributed by atoms with Crippen LogP contribution in [0, 0.1) is 17.8 Å². The van der Waals surface area contributed by atoms with Crippen LogP contribution in [0.3, 0.4) is 0 Å². The van der Waals surface area contributed by atoms with Crippen molar-refractivity contribution in [1.82, 2.24) is 26.6 Å². The minimum atomic E-state index is -1.01. The lowest BCUT2D eigenvalue weighted by Crippen LogP contribution is -2.60. The summed E-state index contributed by atoms with van der Waals surface area (Å²) in [6.07, 6.45) is 0.559. The average molecular weight is 513 g/mol. The van der Waals surface area contributed by atoms with Gasteiger partial charge in [0.25, 0.3) is 0 Å². The maximum Gasteiger partial charge on any atom is 0.243 e. The van der Waals surface area contributed by atoms with Crippen molar-refractivity contribution in [3.8, 4) is 0 Å². The van der Waals surface area contributed by atoms with Crippen LogP contribution in [-0.2, 0) is 28.8 Å². The Kier molecular flexibility index (Phi) is 13.9. The average Bonchev–Trinajstić information content (AvgIpc) is 2.78. The van der Waals surface area contributed by atoms with Crippen LogP contribution in [0.15, 0.2) is 0 Å². The molecule has 0 aromatic carbocycles. The van der Waals surface area contributed by atoms with Gasteiger partial charge in [0.15, 0.2) is 0 Å². The molecule has 0 aliphatic rings. The van der Waals surface area contributed by atoms with E-state index < -0.39 is 65.8 Å². The maximum atomic E-state index is 13.0. The number of hydrogen-bond donors (Lipinski definition) is 6. The van der Waals surface area contributed by atoms with E-state index in [4.69, 9.17) is 5.73 Å². The van der Waals surface area contributed by atoms with Crippen LogP contribution in [0.5, 0.6) is 0 Å². The van der Waals surface area contributed by atoms with Crippen molar-refractivity contribution >= 4 is 35.8 Å². The van der Waals surface area contributed by atoms with E-state index in [0.29, 0.717) is 6.29 Å². The van der Waals surface area contributed by atoms with E-state index in [1.165, 1.54) is 20.8 Å². The summed E-state index contributed by atoms with van der Waals surface area (Å²) in [6, 6.07) is -5.34. The summed E-state index contributed by atoms with van der Waals surface area (Å²) in [5.74, 6) is -3.50. The lowest BCUT2D eigenvalue weighted by Gasteiger charge is -2.29. The molecule has 0 heterocycles. The molecule has 0 bridgehead atoms. The molecule has 0 aliphatic heterocycles. The third-order valence-corrected chi connectivity index (χ3v) is 5.59. The summed E-state index contributed by atoms with van der Waals surface area (Å²) in [5, 5.41) is 12.8. The van der Waals surface area contributed by atoms with E-state index in [1.54, 1.807) is 41.5 Å². The van der Waals surface area contributed by atoms with Crippen molar-refractivity contribution in [2.75, 3.05) is 0 Å². The monoisotopic (exact) mass is 512 g/mol. The summed E-state index contributed by atoms with van der Waals surface area (Å²) < 4.78 is 0. The van der Waals surface area contributed by atoms with Crippen LogP contribution >= 0.6 is 0 Å². The third-order valence-electron chi connectivity index (χ3n) is 5.59. The van der Waals surface area contributed by atoms with E-state index in [9.17, 15) is 28.8 Å². The standard InChI is InChI=1S/C24H44N6O6/c1-11(2)17(25)22(34)29-19(13(5)6)24(36)30-18(12(3)4)23(35)28-16(9)21(33)27-15(8)20(32)26-14(7)10-31/h10-19H,25H2,1-9H3,(H,26,32)(H,27,33)(H,28,35)(H,29,34)(H,30,36)/t14-,15-,16-,17-,18-,19-/m0/s1. The number of amides is 5. The van der Waals surface area contributed by atoms with Gasteiger partial charge >= 0.3 is 0 Å². The molecule has 0 spiro atoms. The first-order valence-corrected chi connectivity index (χ1v) is 12.3. The van der Waals surface area contributed by atoms with Crippen molar-refractivity contribution in [3.05, 3.63) is 0 Å². The second kappa shape index (κ2) is 15.2. The van der Waals surface area contributed by atoms with Gasteiger partial charge < -0.3 is 37.1 Å². The highest BCUT2D eigenvalue weighted by atomic mass is 16.2. The molecule has 12 nitrogen and oxygen atoms in total. The first kappa shape index (κ1) is 33.0. The summed E-state index contributed by atoms with van der Waals surface area (Å²) >= 11 is 0. The normalized spacial score (nSPS) is 16.2. The van der Waals surface area contributed by atoms with E-state index >= 15 is 0 Å². The minimum Gasteiger partial charge on any atom is -0.345 e. The van der Waals surface area contributed by atoms with Crippen molar-refractivity contribution in [2.45, 2.75) is 98.6 Å². The van der Waals surface area contributed by atoms with Crippen LogP contribution in [0.4, 0.5) is 0 Å². The molecule has 0 unspecified atom stereocenters. The zero-order valence-electron chi connectivity index (χ0n) is 22.8. The fourth-order valence-corrected chi connectivity index (χ4v) is 3.02. The predicted octanol–water partition coefficient (Wildman–Crippen LogP) is -1.04. The summed E-state index contributed by atoms with van der Waals surface area (Å²) in [6.45, 7) is 15.0. The molecule has 7 N–H and O–H groups in total. The lowest BCUT2D eigenvalue weighted by molar-refractivity contribution is -0.135. The summed E-state index contributed by atoms with van der Waals surface area (Å²) in [4.78, 5) is 73.5. The summed E-state index contributed by atoms with van der Waals surface area (Å²) in [5.41, 5.74) is 5.89. The zero-order chi connectivity index (χ0) is 28.3. The van der Waals surface area contributed by atoms with E-state index in [1.807, 2.05) is 0 Å². The molecule has 5 amide bonds. The first-order valence-electron chi connectivity index (χ1n) is 12.3. The molecule has 0 saturated carbocycles. The number of carbonyl (C=O) groups is 6. The van der Waals surface area contributed by atoms with Crippen LogP contribution in [0.2, 0.25) is 0 Å². The lowest BCUT2D eigenvalue weighted by atomic mass is 9.98. The molecule has 0 saturated heterocycles. The Morgan fingerprint density at radius 3 is 1.28 bits per heavy atom. The quantitative estimate of drug-likeness (QED) is 0.160. The van der Waals surface area contributed by atoms with Crippen molar-refractivity contribution in [2.24, 2.45) is 23.5 Å². The Bertz CT molecular complexity index is 800. The third kappa shape index (κ3) is 10.7. The van der Waals surface area contributed by atoms with Crippen LogP contribution in [0.1, 0.15) is 62.3 Å². The number of nitrogens with one attached hydrogen (secondary N) is 5. The van der Waals surface area contributed by atoms with Gasteiger partial charge in [0.1, 0.15) is 30.5 Å². The molecular weight excluding hydrogens is 468 g/mol. The smallest absolute Gasteiger partial charge is 0.243 e. The largest absolute Gasteiger partial charge is 0.345 e. The number of aldehydes is 1. The molecule has 6 atom stereocenters. The Labute approximate surface area is 213 Å². The van der Waals surface area contributed by atoms with Crippen LogP contribution in [-0.4, -0.2) is 72.1 Å². The maximum absolute atomic E-state index is 13.0. The number of nitrogens with two attached hydrogens (primary N) is 1. The molecule has 0 aromatic rings. The second-order valence-electron chi connectivity index (χ2n) is 10.1. The van der Waals surface area contributed by atoms with E-state index in [2.05, 4.69) is 26.6 Å². The van der Waals surface area contributed by atoms with Gasteiger partial charge in [-0.05, 0) is 38.5 Å². The molecule has 12 heteroatoms. The highest BCUT2D eigenvalue weighted by molar-refractivity contribution is 5.96. The van der Waals surface area contributed by atoms with Gasteiger partial charge in [-0.1, -0.05) is 41.5 Å². The molecule has 0 radical (unpaired) electrons. The number of rotatable bonds is 14. The van der Waals surface area contributed by atoms with Crippen LogP contribution < -0.4 is 32.3 Å². The SMILES string of the molecule is CC(C)[C@H](N)C(=O)N[C@H](C(=O)N[C@H](C(=O)N[C@@H](C)C(=O)N[C@@H](C)C(=O)N[C@@H](C)C=O)C(C)C)C(C)C. The minimum absolute atomic E-state index is 0.120. The first-order chi connectivity index (χ1) is 16.5. The van der Waals surface area contributed by atoms with Gasteiger partial charge in [-0.25, -0.2) is 0 Å². The Morgan fingerprint density at radius 2 is 0.889 bits per heavy atom. The van der Waals surface area contributed by atoms with Gasteiger partial charge in [-0.2, -0.15) is 0 Å². The number of carbonyl (C=O) groups excluding carboxylic acids is 6. The van der Waals surface area contributed by atoms with E-state index in [0.717, 1.165) is 0 Å². The Hall–Kier alpha value is -3.02. The predicted molar refractivity (Wildman–Crippen MR) is 135 cm³/mol. The van der Waals surface area contributed by atoms with Gasteiger partial charge in [0.05, 0.1) is 12.1 Å². The van der Waals surface area contributed by atoms with E-state index in [-0.39, 0.29) is 17.8 Å². The van der Waals surface area contributed by atoms with Crippen molar-refractivity contribution in [3.63, 3.8) is 0 Å². The zero-order valence-corrected chi connectivity index (χ0v) is 22.8. The van der Waals surface area contributed by atoms with Crippen molar-refractivity contribution < 1.29 is 28.8 Å². The Balaban J connectivity index is 5.25.